The van der Waals surface area contributed by atoms with Gasteiger partial charge in [-0.2, -0.15) is 0 Å². The van der Waals surface area contributed by atoms with E-state index in [0.717, 1.165) is 0 Å². The molecule has 9 heteroatoms. The second-order valence-electron chi connectivity index (χ2n) is 3.30. The summed E-state index contributed by atoms with van der Waals surface area (Å²) in [5.74, 6) is -0.277. The average molecular weight is 294 g/mol. The van der Waals surface area contributed by atoms with Gasteiger partial charge >= 0.3 is 56.6 Å². The first-order valence-electron chi connectivity index (χ1n) is 4.50. The fourth-order valence-corrected chi connectivity index (χ4v) is 1.69. The Kier molecular flexibility index (Phi) is 5.06. The molecule has 0 aliphatic heterocycles. The number of fused-ring (bicyclic) bond motifs is 1. The van der Waals surface area contributed by atoms with Gasteiger partial charge in [0, 0.05) is 18.7 Å². The summed E-state index contributed by atoms with van der Waals surface area (Å²) in [6.45, 7) is 1.33. The molecule has 0 saturated carbocycles. The zero-order valence-corrected chi connectivity index (χ0v) is 13.6. The number of nitrogens with zero attached hydrogens (tertiary/aromatic N) is 1. The molecular formula is C9H7KN2O5S. The number of anilines is 1. The van der Waals surface area contributed by atoms with Crippen LogP contribution in [0.25, 0.3) is 11.1 Å². The van der Waals surface area contributed by atoms with Crippen LogP contribution >= 0.6 is 0 Å². The van der Waals surface area contributed by atoms with Crippen molar-refractivity contribution in [1.82, 2.24) is 4.98 Å². The molecule has 2 rings (SSSR count). The molecule has 18 heavy (non-hydrogen) atoms. The summed E-state index contributed by atoms with van der Waals surface area (Å²) in [5.41, 5.74) is 0.773. The number of oxazole rings is 1. The predicted octanol–water partition coefficient (Wildman–Crippen LogP) is -2.31. The van der Waals surface area contributed by atoms with E-state index in [0.29, 0.717) is 5.69 Å². The Bertz CT molecular complexity index is 694. The molecule has 0 aliphatic carbocycles. The van der Waals surface area contributed by atoms with E-state index in [9.17, 15) is 17.8 Å². The number of amides is 1. The molecule has 0 bridgehead atoms. The van der Waals surface area contributed by atoms with E-state index in [1.54, 1.807) is 0 Å². The van der Waals surface area contributed by atoms with E-state index in [2.05, 4.69) is 10.3 Å². The van der Waals surface area contributed by atoms with Crippen molar-refractivity contribution >= 4 is 32.8 Å². The summed E-state index contributed by atoms with van der Waals surface area (Å²) < 4.78 is 36.8. The van der Waals surface area contributed by atoms with Crippen LogP contribution in [0.15, 0.2) is 27.8 Å². The Morgan fingerprint density at radius 1 is 1.44 bits per heavy atom. The van der Waals surface area contributed by atoms with Gasteiger partial charge in [-0.25, -0.2) is 13.4 Å². The molecule has 0 unspecified atom stereocenters. The fraction of sp³-hybridized carbons (Fsp3) is 0.111. The second-order valence-corrected chi connectivity index (χ2v) is 4.56. The number of aromatic nitrogens is 1. The molecule has 1 amide bonds. The molecule has 1 N–H and O–H groups in total. The van der Waals surface area contributed by atoms with Crippen molar-refractivity contribution in [1.29, 1.82) is 0 Å². The first kappa shape index (κ1) is 15.8. The average Bonchev–Trinajstić information content (AvgIpc) is 2.58. The third-order valence-corrected chi connectivity index (χ3v) is 2.51. The molecule has 90 valence electrons. The minimum Gasteiger partial charge on any atom is -0.740 e. The molecule has 2 aromatic rings. The Morgan fingerprint density at radius 3 is 2.67 bits per heavy atom. The quantitative estimate of drug-likeness (QED) is 0.492. The summed E-state index contributed by atoms with van der Waals surface area (Å²) in [6.07, 6.45) is 0. The molecule has 1 aromatic carbocycles. The number of carbonyl (C=O) groups excluding carboxylic acids is 1. The minimum absolute atomic E-state index is 0. The molecule has 1 heterocycles. The summed E-state index contributed by atoms with van der Waals surface area (Å²) in [6, 6.07) is 4.35. The molecule has 0 radical (unpaired) electrons. The van der Waals surface area contributed by atoms with Crippen LogP contribution in [-0.2, 0) is 14.9 Å². The van der Waals surface area contributed by atoms with Crippen molar-refractivity contribution in [2.75, 3.05) is 5.32 Å². The Hall–Kier alpha value is -0.294. The number of rotatable bonds is 2. The van der Waals surface area contributed by atoms with Gasteiger partial charge in [0.1, 0.15) is 5.52 Å². The van der Waals surface area contributed by atoms with E-state index >= 15 is 0 Å². The van der Waals surface area contributed by atoms with Gasteiger partial charge in [-0.15, -0.1) is 0 Å². The maximum absolute atomic E-state index is 10.8. The SMILES string of the molecule is CC(=O)Nc1ccc2nc(S(=O)(=O)[O-])oc2c1.[K+]. The predicted molar refractivity (Wildman–Crippen MR) is 56.3 cm³/mol. The minimum atomic E-state index is -4.72. The van der Waals surface area contributed by atoms with E-state index in [4.69, 9.17) is 4.42 Å². The number of carbonyl (C=O) groups is 1. The Morgan fingerprint density at radius 2 is 2.11 bits per heavy atom. The molecule has 7 nitrogen and oxygen atoms in total. The Labute approximate surface area is 145 Å². The molecule has 1 aromatic heterocycles. The van der Waals surface area contributed by atoms with Crippen LogP contribution in [0.1, 0.15) is 6.92 Å². The Balaban J connectivity index is 0.00000162. The number of benzene rings is 1. The second kappa shape index (κ2) is 5.78. The van der Waals surface area contributed by atoms with Crippen LogP contribution in [0.2, 0.25) is 0 Å². The zero-order chi connectivity index (χ0) is 12.6. The van der Waals surface area contributed by atoms with Gasteiger partial charge in [-0.05, 0) is 12.1 Å². The zero-order valence-electron chi connectivity index (χ0n) is 9.63. The van der Waals surface area contributed by atoms with Gasteiger partial charge in [0.25, 0.3) is 0 Å². The van der Waals surface area contributed by atoms with E-state index in [1.165, 1.54) is 25.1 Å². The van der Waals surface area contributed by atoms with Gasteiger partial charge < -0.3 is 14.3 Å². The maximum atomic E-state index is 10.8. The van der Waals surface area contributed by atoms with Crippen molar-refractivity contribution in [3.63, 3.8) is 0 Å². The van der Waals surface area contributed by atoms with Crippen LogP contribution in [-0.4, -0.2) is 23.9 Å². The van der Waals surface area contributed by atoms with Gasteiger partial charge in [-0.1, -0.05) is 0 Å². The van der Waals surface area contributed by atoms with Gasteiger partial charge in [0.05, 0.1) is 0 Å². The first-order chi connectivity index (χ1) is 7.86. The van der Waals surface area contributed by atoms with E-state index in [1.807, 2.05) is 0 Å². The van der Waals surface area contributed by atoms with Crippen molar-refractivity contribution in [2.24, 2.45) is 0 Å². The standard InChI is InChI=1S/C9H8N2O5S.K/c1-5(12)10-6-2-3-7-8(4-6)16-9(11-7)17(13,14)15;/h2-4H,1H3,(H,10,12)(H,13,14,15);/q;+1/p-1. The van der Waals surface area contributed by atoms with Gasteiger partial charge in [0.15, 0.2) is 15.7 Å². The maximum Gasteiger partial charge on any atom is 1.00 e. The van der Waals surface area contributed by atoms with Crippen molar-refractivity contribution in [3.8, 4) is 0 Å². The van der Waals surface area contributed by atoms with Crippen LogP contribution in [0.3, 0.4) is 0 Å². The van der Waals surface area contributed by atoms with E-state index in [-0.39, 0.29) is 68.4 Å². The molecule has 0 aliphatic rings. The molecule has 0 saturated heterocycles. The smallest absolute Gasteiger partial charge is 0.740 e. The monoisotopic (exact) mass is 294 g/mol. The van der Waals surface area contributed by atoms with Crippen LogP contribution in [0.4, 0.5) is 5.69 Å². The van der Waals surface area contributed by atoms with Gasteiger partial charge in [-0.3, -0.25) is 4.79 Å². The number of hydrogen-bond acceptors (Lipinski definition) is 6. The van der Waals surface area contributed by atoms with Gasteiger partial charge in [0.2, 0.25) is 5.91 Å². The summed E-state index contributed by atoms with van der Waals surface area (Å²) in [7, 11) is -4.72. The largest absolute Gasteiger partial charge is 1.00 e. The summed E-state index contributed by atoms with van der Waals surface area (Å²) in [4.78, 5) is 14.3. The van der Waals surface area contributed by atoms with Crippen LogP contribution in [0, 0.1) is 0 Å². The number of nitrogens with one attached hydrogen (secondary N) is 1. The van der Waals surface area contributed by atoms with Crippen LogP contribution in [0.5, 0.6) is 0 Å². The molecule has 0 atom stereocenters. The normalized spacial score (nSPS) is 11.0. The van der Waals surface area contributed by atoms with Crippen molar-refractivity contribution < 1.29 is 73.6 Å². The number of hydrogen-bond donors (Lipinski definition) is 1. The summed E-state index contributed by atoms with van der Waals surface area (Å²) in [5, 5.41) is 1.61. The van der Waals surface area contributed by atoms with Crippen molar-refractivity contribution in [3.05, 3.63) is 18.2 Å². The topological polar surface area (TPSA) is 112 Å². The first-order valence-corrected chi connectivity index (χ1v) is 5.91. The third-order valence-electron chi connectivity index (χ3n) is 1.90. The summed E-state index contributed by atoms with van der Waals surface area (Å²) >= 11 is 0. The van der Waals surface area contributed by atoms with Crippen LogP contribution < -0.4 is 56.7 Å². The fourth-order valence-electron chi connectivity index (χ4n) is 1.29. The van der Waals surface area contributed by atoms with Crippen molar-refractivity contribution in [2.45, 2.75) is 12.1 Å². The van der Waals surface area contributed by atoms with E-state index < -0.39 is 15.3 Å². The molecule has 0 fully saturated rings. The molecular weight excluding hydrogens is 287 g/mol. The molecule has 0 spiro atoms. The third kappa shape index (κ3) is 3.60.